The number of nitrogens with one attached hydrogen (secondary N) is 1. The van der Waals surface area contributed by atoms with E-state index < -0.39 is 27.8 Å². The Morgan fingerprint density at radius 3 is 2.31 bits per heavy atom. The van der Waals surface area contributed by atoms with Gasteiger partial charge < -0.3 is 4.90 Å². The van der Waals surface area contributed by atoms with Crippen LogP contribution in [-0.2, 0) is 26.0 Å². The molecule has 11 heteroatoms. The maximum Gasteiger partial charge on any atom is 0.264 e. The number of amides is 2. The van der Waals surface area contributed by atoms with Crippen LogP contribution in [0.1, 0.15) is 19.7 Å². The van der Waals surface area contributed by atoms with E-state index in [1.807, 2.05) is 30.3 Å². The molecule has 4 rings (SSSR count). The predicted molar refractivity (Wildman–Crippen MR) is 134 cm³/mol. The fraction of sp³-hybridized carbons (Fsp3) is 0.240. The molecule has 0 aliphatic carbocycles. The van der Waals surface area contributed by atoms with Crippen LogP contribution in [0.15, 0.2) is 77.7 Å². The molecule has 0 saturated heterocycles. The normalized spacial score (nSPS) is 12.3. The molecule has 0 aliphatic heterocycles. The van der Waals surface area contributed by atoms with Crippen molar-refractivity contribution in [2.45, 2.75) is 25.2 Å². The fourth-order valence-corrected chi connectivity index (χ4v) is 4.98. The number of para-hydroxylation sites is 1. The zero-order chi connectivity index (χ0) is 25.7. The monoisotopic (exact) mass is 506 g/mol. The Balaban J connectivity index is 1.65. The van der Waals surface area contributed by atoms with Crippen LogP contribution in [0.4, 0.5) is 0 Å². The van der Waals surface area contributed by atoms with E-state index in [2.05, 4.69) is 20.2 Å². The van der Waals surface area contributed by atoms with Gasteiger partial charge in [-0.3, -0.25) is 9.59 Å². The molecule has 0 saturated carbocycles. The third-order valence-corrected chi connectivity index (χ3v) is 7.22. The summed E-state index contributed by atoms with van der Waals surface area (Å²) in [6.45, 7) is 4.30. The van der Waals surface area contributed by atoms with E-state index in [1.165, 1.54) is 21.7 Å². The summed E-state index contributed by atoms with van der Waals surface area (Å²) in [5, 5.41) is 13.2. The largest absolute Gasteiger partial charge is 0.343 e. The third kappa shape index (κ3) is 5.25. The highest BCUT2D eigenvalue weighted by molar-refractivity contribution is 7.90. The SMILES string of the molecule is CCN(CC)C(=O)C(Cc1nnnn1-c1ccccc1)C(=O)NS(=O)(=O)c1ccc2ccccc2c1. The standard InChI is InChI=1S/C25H26N6O4S/c1-3-30(4-2)25(33)22(17-23-26-28-29-31(23)20-12-6-5-7-13-20)24(32)27-36(34,35)21-15-14-18-10-8-9-11-19(18)16-21/h5-16,22H,3-4,17H2,1-2H3,(H,27,32). The van der Waals surface area contributed by atoms with Crippen LogP contribution in [0.25, 0.3) is 16.5 Å². The molecule has 1 aromatic heterocycles. The molecule has 0 bridgehead atoms. The van der Waals surface area contributed by atoms with E-state index in [1.54, 1.807) is 44.2 Å². The molecule has 1 unspecified atom stereocenters. The second-order valence-corrected chi connectivity index (χ2v) is 9.77. The molecule has 0 spiro atoms. The van der Waals surface area contributed by atoms with Gasteiger partial charge in [0, 0.05) is 19.5 Å². The van der Waals surface area contributed by atoms with Gasteiger partial charge in [-0.1, -0.05) is 48.5 Å². The summed E-state index contributed by atoms with van der Waals surface area (Å²) in [6.07, 6.45) is -0.184. The van der Waals surface area contributed by atoms with E-state index in [9.17, 15) is 18.0 Å². The predicted octanol–water partition coefficient (Wildman–Crippen LogP) is 2.35. The van der Waals surface area contributed by atoms with E-state index >= 15 is 0 Å². The van der Waals surface area contributed by atoms with Gasteiger partial charge in [-0.05, 0) is 59.3 Å². The second kappa shape index (κ2) is 10.6. The van der Waals surface area contributed by atoms with Crippen LogP contribution in [0.2, 0.25) is 0 Å². The molecular formula is C25H26N6O4S. The van der Waals surface area contributed by atoms with Crippen molar-refractivity contribution in [1.82, 2.24) is 29.8 Å². The van der Waals surface area contributed by atoms with Crippen LogP contribution in [-0.4, -0.2) is 58.4 Å². The number of carbonyl (C=O) groups is 2. The van der Waals surface area contributed by atoms with Crippen LogP contribution < -0.4 is 4.72 Å². The number of tetrazole rings is 1. The molecule has 186 valence electrons. The minimum atomic E-state index is -4.24. The Labute approximate surface area is 209 Å². The summed E-state index contributed by atoms with van der Waals surface area (Å²) in [4.78, 5) is 28.0. The van der Waals surface area contributed by atoms with Crippen molar-refractivity contribution in [3.63, 3.8) is 0 Å². The Kier molecular flexibility index (Phi) is 7.39. The fourth-order valence-electron chi connectivity index (χ4n) is 3.93. The molecular weight excluding hydrogens is 480 g/mol. The van der Waals surface area contributed by atoms with Gasteiger partial charge in [0.25, 0.3) is 10.0 Å². The number of benzene rings is 3. The minimum absolute atomic E-state index is 0.0716. The number of aromatic nitrogens is 4. The number of hydrogen-bond donors (Lipinski definition) is 1. The first-order chi connectivity index (χ1) is 17.3. The lowest BCUT2D eigenvalue weighted by molar-refractivity contribution is -0.141. The molecule has 1 heterocycles. The lowest BCUT2D eigenvalue weighted by Gasteiger charge is -2.24. The average molecular weight is 507 g/mol. The molecule has 0 radical (unpaired) electrons. The first-order valence-corrected chi connectivity index (χ1v) is 13.0. The number of fused-ring (bicyclic) bond motifs is 1. The molecule has 1 N–H and O–H groups in total. The van der Waals surface area contributed by atoms with Gasteiger partial charge in [-0.2, -0.15) is 4.68 Å². The van der Waals surface area contributed by atoms with Gasteiger partial charge in [0.15, 0.2) is 5.82 Å². The number of rotatable bonds is 9. The van der Waals surface area contributed by atoms with Crippen molar-refractivity contribution in [2.75, 3.05) is 13.1 Å². The van der Waals surface area contributed by atoms with Crippen LogP contribution in [0.3, 0.4) is 0 Å². The van der Waals surface area contributed by atoms with Crippen LogP contribution in [0, 0.1) is 5.92 Å². The van der Waals surface area contributed by atoms with E-state index in [0.29, 0.717) is 24.2 Å². The summed E-state index contributed by atoms with van der Waals surface area (Å²) < 4.78 is 29.7. The number of carbonyl (C=O) groups excluding carboxylic acids is 2. The van der Waals surface area contributed by atoms with Crippen molar-refractivity contribution in [1.29, 1.82) is 0 Å². The number of nitrogens with zero attached hydrogens (tertiary/aromatic N) is 5. The highest BCUT2D eigenvalue weighted by Gasteiger charge is 2.34. The second-order valence-electron chi connectivity index (χ2n) is 8.09. The number of sulfonamides is 1. The molecule has 2 amide bonds. The van der Waals surface area contributed by atoms with Gasteiger partial charge in [0.05, 0.1) is 10.6 Å². The zero-order valence-electron chi connectivity index (χ0n) is 19.9. The Bertz CT molecular complexity index is 1480. The number of hydrogen-bond acceptors (Lipinski definition) is 7. The summed E-state index contributed by atoms with van der Waals surface area (Å²) in [5.74, 6) is -2.55. The molecule has 0 aliphatic rings. The summed E-state index contributed by atoms with van der Waals surface area (Å²) >= 11 is 0. The molecule has 4 aromatic rings. The Hall–Kier alpha value is -4.12. The molecule has 3 aromatic carbocycles. The minimum Gasteiger partial charge on any atom is -0.343 e. The topological polar surface area (TPSA) is 127 Å². The summed E-state index contributed by atoms with van der Waals surface area (Å²) in [6, 6.07) is 20.9. The van der Waals surface area contributed by atoms with E-state index in [0.717, 1.165) is 5.39 Å². The van der Waals surface area contributed by atoms with Crippen molar-refractivity contribution in [3.8, 4) is 5.69 Å². The van der Waals surface area contributed by atoms with Crippen molar-refractivity contribution in [2.24, 2.45) is 5.92 Å². The maximum absolute atomic E-state index is 13.3. The van der Waals surface area contributed by atoms with E-state index in [-0.39, 0.29) is 17.1 Å². The quantitative estimate of drug-likeness (QED) is 0.345. The smallest absolute Gasteiger partial charge is 0.264 e. The van der Waals surface area contributed by atoms with E-state index in [4.69, 9.17) is 0 Å². The van der Waals surface area contributed by atoms with Gasteiger partial charge in [0.2, 0.25) is 11.8 Å². The van der Waals surface area contributed by atoms with Crippen LogP contribution >= 0.6 is 0 Å². The lowest BCUT2D eigenvalue weighted by Crippen LogP contribution is -2.46. The Morgan fingerprint density at radius 1 is 0.944 bits per heavy atom. The van der Waals surface area contributed by atoms with Gasteiger partial charge >= 0.3 is 0 Å². The zero-order valence-corrected chi connectivity index (χ0v) is 20.7. The highest BCUT2D eigenvalue weighted by Crippen LogP contribution is 2.20. The molecule has 0 fully saturated rings. The summed E-state index contributed by atoms with van der Waals surface area (Å²) in [7, 11) is -4.24. The van der Waals surface area contributed by atoms with Crippen LogP contribution in [0.5, 0.6) is 0 Å². The molecule has 1 atom stereocenters. The Morgan fingerprint density at radius 2 is 1.61 bits per heavy atom. The summed E-state index contributed by atoms with van der Waals surface area (Å²) in [5.41, 5.74) is 0.649. The highest BCUT2D eigenvalue weighted by atomic mass is 32.2. The van der Waals surface area contributed by atoms with Gasteiger partial charge in [-0.15, -0.1) is 5.10 Å². The third-order valence-electron chi connectivity index (χ3n) is 5.88. The van der Waals surface area contributed by atoms with Crippen molar-refractivity contribution >= 4 is 32.6 Å². The van der Waals surface area contributed by atoms with Gasteiger partial charge in [-0.25, -0.2) is 13.1 Å². The molecule has 36 heavy (non-hydrogen) atoms. The first-order valence-electron chi connectivity index (χ1n) is 11.5. The average Bonchev–Trinajstić information content (AvgIpc) is 3.36. The first kappa shape index (κ1) is 25.0. The maximum atomic E-state index is 13.3. The lowest BCUT2D eigenvalue weighted by atomic mass is 10.0. The van der Waals surface area contributed by atoms with Crippen molar-refractivity contribution < 1.29 is 18.0 Å². The molecule has 10 nitrogen and oxygen atoms in total. The van der Waals surface area contributed by atoms with Crippen molar-refractivity contribution in [3.05, 3.63) is 78.6 Å². The van der Waals surface area contributed by atoms with Gasteiger partial charge in [0.1, 0.15) is 5.92 Å².